The number of rotatable bonds is 7. The Morgan fingerprint density at radius 1 is 1.21 bits per heavy atom. The fraction of sp³-hybridized carbons (Fsp3) is 0.333. The van der Waals surface area contributed by atoms with Crippen molar-refractivity contribution in [1.29, 1.82) is 0 Å². The smallest absolute Gasteiger partial charge is 0.244 e. The standard InChI is InChI=1S/C24H27ClN4O3S/c1-2-33(31,32)29-13-5-6-19(17-29)24(30)27-26-14-20-16-28(23-8-4-3-7-22(20)23)15-18-9-11-21(25)12-10-18/h3-4,7-12,14,16,19H,2,5-6,13,15,17H2,1H3,(H,27,30)/b26-14+. The molecule has 1 aliphatic heterocycles. The predicted molar refractivity (Wildman–Crippen MR) is 132 cm³/mol. The van der Waals surface area contributed by atoms with E-state index in [9.17, 15) is 13.2 Å². The number of benzene rings is 2. The minimum absolute atomic E-state index is 0.0412. The number of piperidine rings is 1. The van der Waals surface area contributed by atoms with Gasteiger partial charge in [-0.3, -0.25) is 4.79 Å². The highest BCUT2D eigenvalue weighted by molar-refractivity contribution is 7.89. The van der Waals surface area contributed by atoms with E-state index in [0.717, 1.165) is 22.0 Å². The Balaban J connectivity index is 1.47. The average molecular weight is 487 g/mol. The molecule has 7 nitrogen and oxygen atoms in total. The van der Waals surface area contributed by atoms with Crippen molar-refractivity contribution in [3.8, 4) is 0 Å². The number of carbonyl (C=O) groups excluding carboxylic acids is 1. The molecule has 0 spiro atoms. The SMILES string of the molecule is CCS(=O)(=O)N1CCCC(C(=O)N/N=C/c2cn(Cc3ccc(Cl)cc3)c3ccccc23)C1. The largest absolute Gasteiger partial charge is 0.342 e. The lowest BCUT2D eigenvalue weighted by molar-refractivity contribution is -0.126. The Morgan fingerprint density at radius 2 is 1.97 bits per heavy atom. The molecule has 0 bridgehead atoms. The van der Waals surface area contributed by atoms with Crippen LogP contribution in [0.25, 0.3) is 10.9 Å². The first kappa shape index (κ1) is 23.5. The molecule has 1 aromatic heterocycles. The third-order valence-electron chi connectivity index (χ3n) is 5.98. The summed E-state index contributed by atoms with van der Waals surface area (Å²) in [4.78, 5) is 12.6. The third kappa shape index (κ3) is 5.46. The van der Waals surface area contributed by atoms with Crippen molar-refractivity contribution < 1.29 is 13.2 Å². The lowest BCUT2D eigenvalue weighted by atomic mass is 9.99. The number of hydrogen-bond donors (Lipinski definition) is 1. The number of aromatic nitrogens is 1. The van der Waals surface area contributed by atoms with E-state index in [0.29, 0.717) is 31.0 Å². The maximum absolute atomic E-state index is 12.6. The first-order chi connectivity index (χ1) is 15.9. The van der Waals surface area contributed by atoms with E-state index in [-0.39, 0.29) is 18.2 Å². The number of carbonyl (C=O) groups is 1. The van der Waals surface area contributed by atoms with Crippen LogP contribution in [0.15, 0.2) is 59.8 Å². The molecule has 1 aliphatic rings. The highest BCUT2D eigenvalue weighted by Gasteiger charge is 2.31. The van der Waals surface area contributed by atoms with Crippen LogP contribution in [-0.4, -0.2) is 48.3 Å². The van der Waals surface area contributed by atoms with Crippen LogP contribution in [0.1, 0.15) is 30.9 Å². The van der Waals surface area contributed by atoms with E-state index in [1.54, 1.807) is 13.1 Å². The number of hydrazone groups is 1. The molecule has 0 saturated carbocycles. The summed E-state index contributed by atoms with van der Waals surface area (Å²) in [5, 5.41) is 5.91. The summed E-state index contributed by atoms with van der Waals surface area (Å²) in [6, 6.07) is 15.8. The number of nitrogens with zero attached hydrogens (tertiary/aromatic N) is 3. The van der Waals surface area contributed by atoms with Crippen LogP contribution in [0.3, 0.4) is 0 Å². The van der Waals surface area contributed by atoms with Crippen LogP contribution >= 0.6 is 11.6 Å². The Kier molecular flexibility index (Phi) is 7.17. The van der Waals surface area contributed by atoms with Crippen molar-refractivity contribution in [3.05, 3.63) is 70.9 Å². The van der Waals surface area contributed by atoms with Gasteiger partial charge in [-0.05, 0) is 43.5 Å². The fourth-order valence-electron chi connectivity index (χ4n) is 4.14. The molecule has 1 unspecified atom stereocenters. The Labute approximate surface area is 199 Å². The van der Waals surface area contributed by atoms with Gasteiger partial charge in [0.05, 0.1) is 17.9 Å². The number of para-hydroxylation sites is 1. The summed E-state index contributed by atoms with van der Waals surface area (Å²) < 4.78 is 27.9. The van der Waals surface area contributed by atoms with Crippen molar-refractivity contribution in [1.82, 2.24) is 14.3 Å². The number of nitrogens with one attached hydrogen (secondary N) is 1. The zero-order valence-electron chi connectivity index (χ0n) is 18.4. The van der Waals surface area contributed by atoms with Crippen LogP contribution in [0.4, 0.5) is 0 Å². The molecule has 1 fully saturated rings. The molecule has 2 aromatic carbocycles. The van der Waals surface area contributed by atoms with E-state index in [1.165, 1.54) is 4.31 Å². The van der Waals surface area contributed by atoms with Gasteiger partial charge in [0.2, 0.25) is 15.9 Å². The van der Waals surface area contributed by atoms with Crippen LogP contribution in [0, 0.1) is 5.92 Å². The first-order valence-corrected chi connectivity index (χ1v) is 13.0. The average Bonchev–Trinajstić information content (AvgIpc) is 3.18. The molecule has 1 N–H and O–H groups in total. The molecule has 1 saturated heterocycles. The highest BCUT2D eigenvalue weighted by Crippen LogP contribution is 2.22. The van der Waals surface area contributed by atoms with E-state index in [4.69, 9.17) is 11.6 Å². The molecular formula is C24H27ClN4O3S. The van der Waals surface area contributed by atoms with Crippen LogP contribution in [0.5, 0.6) is 0 Å². The van der Waals surface area contributed by atoms with Gasteiger partial charge in [-0.15, -0.1) is 0 Å². The molecule has 2 heterocycles. The summed E-state index contributed by atoms with van der Waals surface area (Å²) >= 11 is 6.00. The molecule has 3 aromatic rings. The minimum atomic E-state index is -3.30. The lowest BCUT2D eigenvalue weighted by Crippen LogP contribution is -2.45. The number of fused-ring (bicyclic) bond motifs is 1. The van der Waals surface area contributed by atoms with Crippen molar-refractivity contribution in [3.63, 3.8) is 0 Å². The van der Waals surface area contributed by atoms with E-state index < -0.39 is 15.9 Å². The molecule has 1 amide bonds. The molecule has 4 rings (SSSR count). The van der Waals surface area contributed by atoms with Gasteiger partial charge in [0.1, 0.15) is 0 Å². The topological polar surface area (TPSA) is 83.8 Å². The Hall–Kier alpha value is -2.68. The fourth-order valence-corrected chi connectivity index (χ4v) is 5.45. The molecular weight excluding hydrogens is 460 g/mol. The second-order valence-electron chi connectivity index (χ2n) is 8.19. The van der Waals surface area contributed by atoms with E-state index in [1.807, 2.05) is 54.7 Å². The summed E-state index contributed by atoms with van der Waals surface area (Å²) in [7, 11) is -3.30. The van der Waals surface area contributed by atoms with Gasteiger partial charge in [-0.2, -0.15) is 5.10 Å². The monoisotopic (exact) mass is 486 g/mol. The third-order valence-corrected chi connectivity index (χ3v) is 8.08. The lowest BCUT2D eigenvalue weighted by Gasteiger charge is -2.30. The Morgan fingerprint density at radius 3 is 2.73 bits per heavy atom. The normalized spacial score (nSPS) is 17.6. The minimum Gasteiger partial charge on any atom is -0.342 e. The van der Waals surface area contributed by atoms with Gasteiger partial charge >= 0.3 is 0 Å². The molecule has 33 heavy (non-hydrogen) atoms. The second kappa shape index (κ2) is 10.1. The Bertz CT molecular complexity index is 1270. The summed E-state index contributed by atoms with van der Waals surface area (Å²) in [6.45, 7) is 2.97. The molecule has 0 aliphatic carbocycles. The van der Waals surface area contributed by atoms with Gasteiger partial charge in [-0.25, -0.2) is 18.1 Å². The van der Waals surface area contributed by atoms with Gasteiger partial charge in [0, 0.05) is 47.3 Å². The second-order valence-corrected chi connectivity index (χ2v) is 10.9. The number of halogens is 1. The maximum atomic E-state index is 12.6. The van der Waals surface area contributed by atoms with Gasteiger partial charge in [0.15, 0.2) is 0 Å². The number of sulfonamides is 1. The van der Waals surface area contributed by atoms with Crippen LogP contribution in [0.2, 0.25) is 5.02 Å². The van der Waals surface area contributed by atoms with Gasteiger partial charge < -0.3 is 4.57 Å². The summed E-state index contributed by atoms with van der Waals surface area (Å²) in [5.41, 5.74) is 5.68. The van der Waals surface area contributed by atoms with Crippen molar-refractivity contribution >= 4 is 44.6 Å². The maximum Gasteiger partial charge on any atom is 0.244 e. The van der Waals surface area contributed by atoms with E-state index >= 15 is 0 Å². The van der Waals surface area contributed by atoms with E-state index in [2.05, 4.69) is 15.1 Å². The van der Waals surface area contributed by atoms with Gasteiger partial charge in [-0.1, -0.05) is 41.9 Å². The van der Waals surface area contributed by atoms with Crippen molar-refractivity contribution in [2.75, 3.05) is 18.8 Å². The van der Waals surface area contributed by atoms with Gasteiger partial charge in [0.25, 0.3) is 0 Å². The number of amides is 1. The molecule has 9 heteroatoms. The number of hydrogen-bond acceptors (Lipinski definition) is 4. The summed E-state index contributed by atoms with van der Waals surface area (Å²) in [6.07, 6.45) is 4.96. The first-order valence-electron chi connectivity index (χ1n) is 11.0. The molecule has 0 radical (unpaired) electrons. The van der Waals surface area contributed by atoms with Crippen LogP contribution in [-0.2, 0) is 21.4 Å². The zero-order valence-corrected chi connectivity index (χ0v) is 20.0. The van der Waals surface area contributed by atoms with Crippen LogP contribution < -0.4 is 5.43 Å². The molecule has 1 atom stereocenters. The van der Waals surface area contributed by atoms with Crippen molar-refractivity contribution in [2.24, 2.45) is 11.0 Å². The quantitative estimate of drug-likeness (QED) is 0.406. The summed E-state index contributed by atoms with van der Waals surface area (Å²) in [5.74, 6) is -0.616. The highest BCUT2D eigenvalue weighted by atomic mass is 35.5. The van der Waals surface area contributed by atoms with Crippen molar-refractivity contribution in [2.45, 2.75) is 26.3 Å². The predicted octanol–water partition coefficient (Wildman–Crippen LogP) is 3.85. The molecule has 174 valence electrons. The zero-order chi connectivity index (χ0) is 23.4.